The first-order chi connectivity index (χ1) is 9.06. The first kappa shape index (κ1) is 14.4. The molecule has 0 radical (unpaired) electrons. The molecule has 3 nitrogen and oxygen atoms in total. The minimum Gasteiger partial charge on any atom is -0.508 e. The Balaban J connectivity index is 1.85. The van der Waals surface area contributed by atoms with Gasteiger partial charge >= 0.3 is 0 Å². The van der Waals surface area contributed by atoms with Crippen LogP contribution in [0.3, 0.4) is 0 Å². The molecule has 3 heteroatoms. The first-order valence-corrected chi connectivity index (χ1v) is 7.27. The predicted octanol–water partition coefficient (Wildman–Crippen LogP) is 2.90. The maximum atomic E-state index is 9.96. The summed E-state index contributed by atoms with van der Waals surface area (Å²) in [6.45, 7) is 5.03. The van der Waals surface area contributed by atoms with E-state index in [1.54, 1.807) is 0 Å². The van der Waals surface area contributed by atoms with Gasteiger partial charge in [0.05, 0.1) is 6.10 Å². The van der Waals surface area contributed by atoms with Gasteiger partial charge in [0, 0.05) is 11.6 Å². The van der Waals surface area contributed by atoms with E-state index >= 15 is 0 Å². The lowest BCUT2D eigenvalue weighted by atomic mass is 9.87. The van der Waals surface area contributed by atoms with E-state index in [4.69, 9.17) is 0 Å². The topological polar surface area (TPSA) is 52.5 Å². The minimum absolute atomic E-state index is 0.0881. The van der Waals surface area contributed by atoms with Crippen LogP contribution in [0.1, 0.15) is 49.8 Å². The summed E-state index contributed by atoms with van der Waals surface area (Å²) in [6, 6.07) is 5.99. The average molecular weight is 263 g/mol. The highest BCUT2D eigenvalue weighted by atomic mass is 16.3. The summed E-state index contributed by atoms with van der Waals surface area (Å²) in [5.74, 6) is 1.03. The molecular formula is C16H25NO2. The van der Waals surface area contributed by atoms with Gasteiger partial charge in [-0.1, -0.05) is 12.1 Å². The molecule has 0 amide bonds. The van der Waals surface area contributed by atoms with Gasteiger partial charge in [0.25, 0.3) is 0 Å². The van der Waals surface area contributed by atoms with Gasteiger partial charge in [0.1, 0.15) is 5.75 Å². The molecule has 1 saturated carbocycles. The maximum absolute atomic E-state index is 9.96. The summed E-state index contributed by atoms with van der Waals surface area (Å²) < 4.78 is 0. The molecule has 19 heavy (non-hydrogen) atoms. The highest BCUT2D eigenvalue weighted by Crippen LogP contribution is 2.27. The molecule has 0 aliphatic heterocycles. The molecule has 1 unspecified atom stereocenters. The van der Waals surface area contributed by atoms with Gasteiger partial charge in [0.2, 0.25) is 0 Å². The fraction of sp³-hybridized carbons (Fsp3) is 0.625. The van der Waals surface area contributed by atoms with Crippen LogP contribution in [0, 0.1) is 12.8 Å². The van der Waals surface area contributed by atoms with Gasteiger partial charge < -0.3 is 15.5 Å². The van der Waals surface area contributed by atoms with Crippen LogP contribution in [-0.2, 0) is 0 Å². The SMILES string of the molecule is Cc1ccc(C(C)NCC2CCC(O)CC2)c(O)c1. The minimum atomic E-state index is -0.0881. The molecule has 0 spiro atoms. The third-order valence-corrected chi connectivity index (χ3v) is 4.18. The average Bonchev–Trinajstić information content (AvgIpc) is 2.37. The Morgan fingerprint density at radius 3 is 2.58 bits per heavy atom. The Labute approximate surface area is 115 Å². The van der Waals surface area contributed by atoms with Gasteiger partial charge in [-0.25, -0.2) is 0 Å². The molecule has 1 aliphatic carbocycles. The molecule has 3 N–H and O–H groups in total. The number of benzene rings is 1. The summed E-state index contributed by atoms with van der Waals surface area (Å²) >= 11 is 0. The molecule has 106 valence electrons. The van der Waals surface area contributed by atoms with E-state index in [1.165, 1.54) is 0 Å². The van der Waals surface area contributed by atoms with Gasteiger partial charge in [-0.05, 0) is 63.6 Å². The van der Waals surface area contributed by atoms with E-state index in [9.17, 15) is 10.2 Å². The van der Waals surface area contributed by atoms with Crippen molar-refractivity contribution < 1.29 is 10.2 Å². The van der Waals surface area contributed by atoms with Crippen LogP contribution < -0.4 is 5.32 Å². The van der Waals surface area contributed by atoms with Crippen LogP contribution in [0.5, 0.6) is 5.75 Å². The molecule has 1 atom stereocenters. The van der Waals surface area contributed by atoms with Crippen LogP contribution >= 0.6 is 0 Å². The molecule has 0 aromatic heterocycles. The lowest BCUT2D eigenvalue weighted by Crippen LogP contribution is -2.29. The third-order valence-electron chi connectivity index (χ3n) is 4.18. The van der Waals surface area contributed by atoms with Crippen molar-refractivity contribution >= 4 is 0 Å². The molecule has 2 rings (SSSR count). The number of aliphatic hydroxyl groups is 1. The smallest absolute Gasteiger partial charge is 0.120 e. The van der Waals surface area contributed by atoms with E-state index in [0.717, 1.165) is 43.4 Å². The highest BCUT2D eigenvalue weighted by Gasteiger charge is 2.20. The Hall–Kier alpha value is -1.06. The second-order valence-electron chi connectivity index (χ2n) is 5.87. The van der Waals surface area contributed by atoms with Crippen molar-refractivity contribution in [2.24, 2.45) is 5.92 Å². The standard InChI is InChI=1S/C16H25NO2/c1-11-3-8-15(16(19)9-11)12(2)17-10-13-4-6-14(18)7-5-13/h3,8-9,12-14,17-19H,4-7,10H2,1-2H3. The van der Waals surface area contributed by atoms with Crippen molar-refractivity contribution in [1.82, 2.24) is 5.32 Å². The summed E-state index contributed by atoms with van der Waals surface area (Å²) in [5, 5.41) is 23.0. The van der Waals surface area contributed by atoms with E-state index in [2.05, 4.69) is 12.2 Å². The number of hydrogen-bond donors (Lipinski definition) is 3. The van der Waals surface area contributed by atoms with E-state index < -0.39 is 0 Å². The number of phenols is 1. The number of nitrogens with one attached hydrogen (secondary N) is 1. The Bertz CT molecular complexity index is 411. The summed E-state index contributed by atoms with van der Waals surface area (Å²) in [5.41, 5.74) is 2.04. The first-order valence-electron chi connectivity index (χ1n) is 7.27. The fourth-order valence-corrected chi connectivity index (χ4v) is 2.82. The lowest BCUT2D eigenvalue weighted by Gasteiger charge is -2.27. The van der Waals surface area contributed by atoms with Crippen molar-refractivity contribution in [2.75, 3.05) is 6.54 Å². The molecule has 0 bridgehead atoms. The maximum Gasteiger partial charge on any atom is 0.120 e. The number of aryl methyl sites for hydroxylation is 1. The van der Waals surface area contributed by atoms with Crippen LogP contribution in [-0.4, -0.2) is 22.9 Å². The monoisotopic (exact) mass is 263 g/mol. The third kappa shape index (κ3) is 3.95. The van der Waals surface area contributed by atoms with Gasteiger partial charge in [0.15, 0.2) is 0 Å². The number of aromatic hydroxyl groups is 1. The Kier molecular flexibility index (Phi) is 4.83. The Morgan fingerprint density at radius 2 is 1.95 bits per heavy atom. The predicted molar refractivity (Wildman–Crippen MR) is 77.2 cm³/mol. The Morgan fingerprint density at radius 1 is 1.26 bits per heavy atom. The van der Waals surface area contributed by atoms with Crippen LogP contribution in [0.25, 0.3) is 0 Å². The van der Waals surface area contributed by atoms with Gasteiger partial charge in [-0.3, -0.25) is 0 Å². The number of phenolic OH excluding ortho intramolecular Hbond substituents is 1. The van der Waals surface area contributed by atoms with Gasteiger partial charge in [-0.2, -0.15) is 0 Å². The number of aliphatic hydroxyl groups excluding tert-OH is 1. The van der Waals surface area contributed by atoms with Crippen LogP contribution in [0.2, 0.25) is 0 Å². The van der Waals surface area contributed by atoms with E-state index in [-0.39, 0.29) is 12.1 Å². The normalized spacial score (nSPS) is 25.2. The summed E-state index contributed by atoms with van der Waals surface area (Å²) in [6.07, 6.45) is 3.96. The zero-order valence-corrected chi connectivity index (χ0v) is 11.9. The molecule has 0 heterocycles. The van der Waals surface area contributed by atoms with Crippen molar-refractivity contribution in [3.05, 3.63) is 29.3 Å². The molecule has 0 saturated heterocycles. The van der Waals surface area contributed by atoms with Crippen LogP contribution in [0.4, 0.5) is 0 Å². The zero-order valence-electron chi connectivity index (χ0n) is 11.9. The number of hydrogen-bond acceptors (Lipinski definition) is 3. The lowest BCUT2D eigenvalue weighted by molar-refractivity contribution is 0.107. The quantitative estimate of drug-likeness (QED) is 0.783. The van der Waals surface area contributed by atoms with Gasteiger partial charge in [-0.15, -0.1) is 0 Å². The van der Waals surface area contributed by atoms with E-state index in [1.807, 2.05) is 25.1 Å². The van der Waals surface area contributed by atoms with Crippen molar-refractivity contribution in [2.45, 2.75) is 51.7 Å². The largest absolute Gasteiger partial charge is 0.508 e. The highest BCUT2D eigenvalue weighted by molar-refractivity contribution is 5.37. The molecular weight excluding hydrogens is 238 g/mol. The number of rotatable bonds is 4. The molecule has 1 aromatic rings. The molecule has 1 aliphatic rings. The molecule has 1 aromatic carbocycles. The zero-order chi connectivity index (χ0) is 13.8. The summed E-state index contributed by atoms with van der Waals surface area (Å²) in [7, 11) is 0. The van der Waals surface area contributed by atoms with Crippen LogP contribution in [0.15, 0.2) is 18.2 Å². The van der Waals surface area contributed by atoms with E-state index in [0.29, 0.717) is 11.7 Å². The summed E-state index contributed by atoms with van der Waals surface area (Å²) in [4.78, 5) is 0. The second kappa shape index (κ2) is 6.40. The molecule has 1 fully saturated rings. The fourth-order valence-electron chi connectivity index (χ4n) is 2.82. The van der Waals surface area contributed by atoms with Crippen molar-refractivity contribution in [3.63, 3.8) is 0 Å². The van der Waals surface area contributed by atoms with Crippen molar-refractivity contribution in [3.8, 4) is 5.75 Å². The van der Waals surface area contributed by atoms with Crippen molar-refractivity contribution in [1.29, 1.82) is 0 Å². The second-order valence-corrected chi connectivity index (χ2v) is 5.87.